The van der Waals surface area contributed by atoms with Gasteiger partial charge in [0.15, 0.2) is 5.96 Å². The first-order valence-electron chi connectivity index (χ1n) is 13.7. The standard InChI is InChI=1S/C31H38N6O5/c32-25(18-20-11-15-24(38)16-12-20)28(39)36-26(8-4-5-17-35-31(33)34)29(40)37-27(30(41)42)19-21-9-13-23(14-10-21)22-6-2-1-3-7-22/h1-3,6-7,9-16,25-27,38H,4-5,8,17-19,32H2,(H,36,39)(H,37,40)(H,41,42)(H4,33,34,35)/t25-,26-,27-/m0/s1. The average Bonchev–Trinajstić information content (AvgIpc) is 2.97. The van der Waals surface area contributed by atoms with E-state index in [-0.39, 0.29) is 31.0 Å². The van der Waals surface area contributed by atoms with Crippen LogP contribution < -0.4 is 27.4 Å². The van der Waals surface area contributed by atoms with Gasteiger partial charge in [0.2, 0.25) is 11.8 Å². The minimum Gasteiger partial charge on any atom is -0.508 e. The molecule has 222 valence electrons. The molecule has 0 aliphatic rings. The number of hydrogen-bond acceptors (Lipinski definition) is 6. The minimum absolute atomic E-state index is 0.0553. The summed E-state index contributed by atoms with van der Waals surface area (Å²) in [6.45, 7) is 0.411. The normalized spacial score (nSPS) is 12.9. The highest BCUT2D eigenvalue weighted by molar-refractivity contribution is 5.92. The third-order valence-electron chi connectivity index (χ3n) is 6.71. The summed E-state index contributed by atoms with van der Waals surface area (Å²) in [5.74, 6) is -2.47. The number of unbranched alkanes of at least 4 members (excludes halogenated alkanes) is 1. The second kappa shape index (κ2) is 15.8. The Hall–Kier alpha value is -4.90. The van der Waals surface area contributed by atoms with Crippen LogP contribution in [0.4, 0.5) is 0 Å². The summed E-state index contributed by atoms with van der Waals surface area (Å²) in [5.41, 5.74) is 14.9. The van der Waals surface area contributed by atoms with Crippen molar-refractivity contribution in [2.24, 2.45) is 11.5 Å². The van der Waals surface area contributed by atoms with E-state index >= 15 is 0 Å². The SMILES string of the molecule is N=C(N)NCCCC[C@H](NC(=O)[C@@H](N)Cc1ccc(O)cc1)C(=O)N[C@@H](Cc1ccc(-c2ccccc2)cc1)C(=O)O. The van der Waals surface area contributed by atoms with Gasteiger partial charge in [0.25, 0.3) is 0 Å². The third-order valence-corrected chi connectivity index (χ3v) is 6.71. The number of benzene rings is 3. The van der Waals surface area contributed by atoms with Crippen LogP contribution >= 0.6 is 0 Å². The van der Waals surface area contributed by atoms with Crippen LogP contribution in [-0.2, 0) is 27.2 Å². The van der Waals surface area contributed by atoms with Crippen molar-refractivity contribution in [3.05, 3.63) is 90.0 Å². The smallest absolute Gasteiger partial charge is 0.326 e. The number of nitrogens with two attached hydrogens (primary N) is 2. The van der Waals surface area contributed by atoms with Gasteiger partial charge in [0.05, 0.1) is 6.04 Å². The lowest BCUT2D eigenvalue weighted by molar-refractivity contribution is -0.142. The number of phenolic OH excluding ortho intramolecular Hbond substituents is 1. The first-order chi connectivity index (χ1) is 20.1. The molecule has 0 saturated carbocycles. The maximum atomic E-state index is 13.3. The number of guanidine groups is 1. The van der Waals surface area contributed by atoms with Gasteiger partial charge in [0.1, 0.15) is 17.8 Å². The monoisotopic (exact) mass is 574 g/mol. The molecule has 2 amide bonds. The number of carboxylic acids is 1. The molecule has 0 fully saturated rings. The van der Waals surface area contributed by atoms with E-state index in [9.17, 15) is 24.6 Å². The summed E-state index contributed by atoms with van der Waals surface area (Å²) in [6.07, 6.45) is 1.51. The Labute approximate surface area is 244 Å². The first kappa shape index (κ1) is 31.6. The Kier molecular flexibility index (Phi) is 11.9. The first-order valence-corrected chi connectivity index (χ1v) is 13.7. The second-order valence-corrected chi connectivity index (χ2v) is 10.0. The summed E-state index contributed by atoms with van der Waals surface area (Å²) >= 11 is 0. The van der Waals surface area contributed by atoms with Crippen LogP contribution in [0.2, 0.25) is 0 Å². The maximum absolute atomic E-state index is 13.3. The molecule has 3 aromatic carbocycles. The number of carbonyl (C=O) groups excluding carboxylic acids is 2. The molecule has 11 nitrogen and oxygen atoms in total. The van der Waals surface area contributed by atoms with Crippen molar-refractivity contribution in [1.29, 1.82) is 5.41 Å². The largest absolute Gasteiger partial charge is 0.508 e. The molecule has 3 aromatic rings. The van der Waals surface area contributed by atoms with Gasteiger partial charge < -0.3 is 37.6 Å². The lowest BCUT2D eigenvalue weighted by Gasteiger charge is -2.23. The summed E-state index contributed by atoms with van der Waals surface area (Å²) in [6, 6.07) is 20.3. The zero-order chi connectivity index (χ0) is 30.5. The van der Waals surface area contributed by atoms with E-state index in [1.807, 2.05) is 54.6 Å². The van der Waals surface area contributed by atoms with Gasteiger partial charge in [-0.15, -0.1) is 0 Å². The van der Waals surface area contributed by atoms with Gasteiger partial charge in [-0.05, 0) is 60.1 Å². The van der Waals surface area contributed by atoms with Gasteiger partial charge >= 0.3 is 5.97 Å². The van der Waals surface area contributed by atoms with Gasteiger partial charge in [-0.25, -0.2) is 4.79 Å². The molecule has 0 saturated heterocycles. The molecule has 0 spiro atoms. The van der Waals surface area contributed by atoms with Crippen molar-refractivity contribution in [3.63, 3.8) is 0 Å². The van der Waals surface area contributed by atoms with Crippen LogP contribution in [0.25, 0.3) is 11.1 Å². The molecule has 11 heteroatoms. The van der Waals surface area contributed by atoms with Crippen LogP contribution in [0.15, 0.2) is 78.9 Å². The molecule has 3 atom stereocenters. The van der Waals surface area contributed by atoms with E-state index in [1.54, 1.807) is 12.1 Å². The summed E-state index contributed by atoms with van der Waals surface area (Å²) in [7, 11) is 0. The van der Waals surface area contributed by atoms with E-state index in [2.05, 4.69) is 16.0 Å². The molecule has 0 unspecified atom stereocenters. The highest BCUT2D eigenvalue weighted by atomic mass is 16.4. The van der Waals surface area contributed by atoms with E-state index in [4.69, 9.17) is 16.9 Å². The molecule has 10 N–H and O–H groups in total. The molecular formula is C31H38N6O5. The zero-order valence-electron chi connectivity index (χ0n) is 23.3. The van der Waals surface area contributed by atoms with E-state index in [0.717, 1.165) is 22.3 Å². The Bertz CT molecular complexity index is 1330. The molecule has 0 aliphatic carbocycles. The van der Waals surface area contributed by atoms with Gasteiger partial charge in [-0.1, -0.05) is 66.7 Å². The van der Waals surface area contributed by atoms with Crippen LogP contribution in [0.1, 0.15) is 30.4 Å². The van der Waals surface area contributed by atoms with Crippen LogP contribution in [0.3, 0.4) is 0 Å². The Balaban J connectivity index is 1.66. The van der Waals surface area contributed by atoms with Crippen LogP contribution in [-0.4, -0.2) is 58.6 Å². The van der Waals surface area contributed by atoms with Crippen LogP contribution in [0, 0.1) is 5.41 Å². The number of aliphatic carboxylic acids is 1. The maximum Gasteiger partial charge on any atom is 0.326 e. The highest BCUT2D eigenvalue weighted by Crippen LogP contribution is 2.20. The van der Waals surface area contributed by atoms with Crippen molar-refractivity contribution in [1.82, 2.24) is 16.0 Å². The fraction of sp³-hybridized carbons (Fsp3) is 0.290. The fourth-order valence-corrected chi connectivity index (χ4v) is 4.39. The number of amides is 2. The van der Waals surface area contributed by atoms with E-state index in [1.165, 1.54) is 12.1 Å². The molecule has 0 bridgehead atoms. The van der Waals surface area contributed by atoms with E-state index in [0.29, 0.717) is 19.4 Å². The van der Waals surface area contributed by atoms with Gasteiger partial charge in [-0.3, -0.25) is 15.0 Å². The van der Waals surface area contributed by atoms with Crippen molar-refractivity contribution in [3.8, 4) is 16.9 Å². The lowest BCUT2D eigenvalue weighted by Crippen LogP contribution is -2.55. The quantitative estimate of drug-likeness (QED) is 0.0763. The second-order valence-electron chi connectivity index (χ2n) is 10.0. The minimum atomic E-state index is -1.22. The van der Waals surface area contributed by atoms with Crippen molar-refractivity contribution < 1.29 is 24.6 Å². The van der Waals surface area contributed by atoms with Gasteiger partial charge in [0, 0.05) is 13.0 Å². The average molecular weight is 575 g/mol. The molecule has 0 aliphatic heterocycles. The molecule has 42 heavy (non-hydrogen) atoms. The lowest BCUT2D eigenvalue weighted by atomic mass is 10.00. The third kappa shape index (κ3) is 10.3. The molecule has 0 aromatic heterocycles. The molecule has 0 heterocycles. The number of rotatable bonds is 15. The van der Waals surface area contributed by atoms with Crippen molar-refractivity contribution >= 4 is 23.7 Å². The van der Waals surface area contributed by atoms with Crippen molar-refractivity contribution in [2.45, 2.75) is 50.2 Å². The molecule has 3 rings (SSSR count). The summed E-state index contributed by atoms with van der Waals surface area (Å²) in [5, 5.41) is 34.5. The topological polar surface area (TPSA) is 204 Å². The molecule has 0 radical (unpaired) electrons. The Morgan fingerprint density at radius 1 is 0.762 bits per heavy atom. The number of carbonyl (C=O) groups is 3. The van der Waals surface area contributed by atoms with E-state index < -0.39 is 35.9 Å². The number of hydrogen-bond donors (Lipinski definition) is 8. The number of carboxylic acid groups (broad SMARTS) is 1. The predicted octanol–water partition coefficient (Wildman–Crippen LogP) is 1.88. The molecular weight excluding hydrogens is 536 g/mol. The van der Waals surface area contributed by atoms with Crippen LogP contribution in [0.5, 0.6) is 5.75 Å². The predicted molar refractivity (Wildman–Crippen MR) is 161 cm³/mol. The number of nitrogens with one attached hydrogen (secondary N) is 4. The Morgan fingerprint density at radius 2 is 1.33 bits per heavy atom. The highest BCUT2D eigenvalue weighted by Gasteiger charge is 2.28. The van der Waals surface area contributed by atoms with Crippen molar-refractivity contribution in [2.75, 3.05) is 6.54 Å². The summed E-state index contributed by atoms with van der Waals surface area (Å²) in [4.78, 5) is 38.3. The van der Waals surface area contributed by atoms with Gasteiger partial charge in [-0.2, -0.15) is 0 Å². The Morgan fingerprint density at radius 3 is 1.95 bits per heavy atom. The number of aromatic hydroxyl groups is 1. The number of phenols is 1. The zero-order valence-corrected chi connectivity index (χ0v) is 23.3. The fourth-order valence-electron chi connectivity index (χ4n) is 4.39. The summed E-state index contributed by atoms with van der Waals surface area (Å²) < 4.78 is 0.